The zero-order valence-electron chi connectivity index (χ0n) is 10.1. The highest BCUT2D eigenvalue weighted by Gasteiger charge is 2.09. The molecule has 0 spiro atoms. The van der Waals surface area contributed by atoms with E-state index in [9.17, 15) is 4.79 Å². The average Bonchev–Trinajstić information content (AvgIpc) is 2.22. The van der Waals surface area contributed by atoms with Gasteiger partial charge in [0.1, 0.15) is 0 Å². The maximum Gasteiger partial charge on any atom is 0.255 e. The van der Waals surface area contributed by atoms with Crippen molar-refractivity contribution in [3.8, 4) is 0 Å². The molecule has 2 N–H and O–H groups in total. The maximum absolute atomic E-state index is 12.0. The number of nitrogens with zero attached hydrogens (tertiary/aromatic N) is 1. The first-order chi connectivity index (χ1) is 7.50. The van der Waals surface area contributed by atoms with E-state index in [1.807, 2.05) is 18.2 Å². The van der Waals surface area contributed by atoms with Gasteiger partial charge in [-0.25, -0.2) is 0 Å². The summed E-state index contributed by atoms with van der Waals surface area (Å²) in [4.78, 5) is 12.0. The Morgan fingerprint density at radius 2 is 1.94 bits per heavy atom. The summed E-state index contributed by atoms with van der Waals surface area (Å²) in [6.07, 6.45) is 0. The molecule has 0 radical (unpaired) electrons. The van der Waals surface area contributed by atoms with E-state index in [1.165, 1.54) is 0 Å². The summed E-state index contributed by atoms with van der Waals surface area (Å²) >= 11 is 5.92. The fourth-order valence-electron chi connectivity index (χ4n) is 1.80. The first-order valence-electron chi connectivity index (χ1n) is 5.05. The topological polar surface area (TPSA) is 48.0 Å². The van der Waals surface area contributed by atoms with Crippen LogP contribution in [0.25, 0.3) is 10.9 Å². The normalized spacial score (nSPS) is 11.6. The summed E-state index contributed by atoms with van der Waals surface area (Å²) in [5.74, 6) is 0. The van der Waals surface area contributed by atoms with Gasteiger partial charge in [0.05, 0.1) is 5.52 Å². The van der Waals surface area contributed by atoms with Crippen LogP contribution in [0.5, 0.6) is 0 Å². The monoisotopic (exact) mass is 306 g/mol. The van der Waals surface area contributed by atoms with Gasteiger partial charge in [-0.2, -0.15) is 13.5 Å². The van der Waals surface area contributed by atoms with Crippen LogP contribution in [0, 0.1) is 0 Å². The molecule has 18 heavy (non-hydrogen) atoms. The standard InChI is InChI=1S/C12H13ClN2O.ClH.H2S/c1-7(14)10-6-8-5-9(13)3-4-11(8)15(2)12(10)16;;/h3-7H,14H2,1-2H3;1H;1H2/t7-;;/m0../s1. The number of hydrogen-bond donors (Lipinski definition) is 1. The van der Waals surface area contributed by atoms with Gasteiger partial charge in [-0.3, -0.25) is 4.79 Å². The van der Waals surface area contributed by atoms with Crippen LogP contribution in [0.1, 0.15) is 18.5 Å². The third-order valence-corrected chi connectivity index (χ3v) is 2.94. The summed E-state index contributed by atoms with van der Waals surface area (Å²) < 4.78 is 1.60. The second kappa shape index (κ2) is 6.48. The Hall–Kier alpha value is -0.680. The Kier molecular flexibility index (Phi) is 6.23. The number of hydrogen-bond acceptors (Lipinski definition) is 2. The molecule has 0 unspecified atom stereocenters. The molecule has 1 aromatic heterocycles. The molecule has 6 heteroatoms. The Labute approximate surface area is 124 Å². The van der Waals surface area contributed by atoms with Crippen molar-refractivity contribution in [2.24, 2.45) is 12.8 Å². The van der Waals surface area contributed by atoms with Gasteiger partial charge in [-0.1, -0.05) is 11.6 Å². The lowest BCUT2D eigenvalue weighted by Gasteiger charge is -2.11. The average molecular weight is 307 g/mol. The van der Waals surface area contributed by atoms with Gasteiger partial charge in [-0.15, -0.1) is 12.4 Å². The number of nitrogens with two attached hydrogens (primary N) is 1. The van der Waals surface area contributed by atoms with Crippen LogP contribution in [0.3, 0.4) is 0 Å². The van der Waals surface area contributed by atoms with Crippen LogP contribution in [-0.4, -0.2) is 4.57 Å². The maximum atomic E-state index is 12.0. The number of pyridine rings is 1. The molecule has 1 atom stereocenters. The van der Waals surface area contributed by atoms with Crippen molar-refractivity contribution in [3.63, 3.8) is 0 Å². The van der Waals surface area contributed by atoms with E-state index in [0.717, 1.165) is 10.9 Å². The quantitative estimate of drug-likeness (QED) is 0.880. The Morgan fingerprint density at radius 1 is 1.33 bits per heavy atom. The molecule has 0 bridgehead atoms. The van der Waals surface area contributed by atoms with E-state index in [4.69, 9.17) is 17.3 Å². The van der Waals surface area contributed by atoms with Gasteiger partial charge >= 0.3 is 0 Å². The highest BCUT2D eigenvalue weighted by molar-refractivity contribution is 7.59. The molecule has 0 amide bonds. The van der Waals surface area contributed by atoms with E-state index in [1.54, 1.807) is 24.6 Å². The van der Waals surface area contributed by atoms with Crippen molar-refractivity contribution in [1.29, 1.82) is 0 Å². The van der Waals surface area contributed by atoms with Gasteiger partial charge in [-0.05, 0) is 31.2 Å². The van der Waals surface area contributed by atoms with E-state index in [-0.39, 0.29) is 37.5 Å². The Bertz CT molecular complexity index is 611. The highest BCUT2D eigenvalue weighted by Crippen LogP contribution is 2.19. The van der Waals surface area contributed by atoms with Crippen molar-refractivity contribution >= 4 is 48.4 Å². The van der Waals surface area contributed by atoms with Crippen LogP contribution in [-0.2, 0) is 7.05 Å². The number of halogens is 2. The number of aromatic nitrogens is 1. The third-order valence-electron chi connectivity index (χ3n) is 2.70. The summed E-state index contributed by atoms with van der Waals surface area (Å²) in [5, 5.41) is 1.59. The molecule has 0 fully saturated rings. The highest BCUT2D eigenvalue weighted by atomic mass is 35.5. The molecule has 0 aliphatic carbocycles. The van der Waals surface area contributed by atoms with Crippen LogP contribution >= 0.6 is 37.5 Å². The zero-order valence-corrected chi connectivity index (χ0v) is 12.7. The van der Waals surface area contributed by atoms with Crippen LogP contribution in [0.4, 0.5) is 0 Å². The molecule has 2 aromatic rings. The van der Waals surface area contributed by atoms with Crippen molar-refractivity contribution in [2.75, 3.05) is 0 Å². The first-order valence-corrected chi connectivity index (χ1v) is 5.43. The number of rotatable bonds is 1. The molecule has 0 saturated carbocycles. The second-order valence-corrected chi connectivity index (χ2v) is 4.39. The van der Waals surface area contributed by atoms with E-state index in [2.05, 4.69) is 0 Å². The summed E-state index contributed by atoms with van der Waals surface area (Å²) in [6, 6.07) is 6.98. The van der Waals surface area contributed by atoms with Crippen molar-refractivity contribution < 1.29 is 0 Å². The second-order valence-electron chi connectivity index (χ2n) is 3.96. The summed E-state index contributed by atoms with van der Waals surface area (Å²) in [6.45, 7) is 1.80. The van der Waals surface area contributed by atoms with Crippen molar-refractivity contribution in [3.05, 3.63) is 45.2 Å². The number of benzene rings is 1. The van der Waals surface area contributed by atoms with E-state index >= 15 is 0 Å². The van der Waals surface area contributed by atoms with Crippen LogP contribution < -0.4 is 11.3 Å². The predicted molar refractivity (Wildman–Crippen MR) is 84.4 cm³/mol. The molecule has 0 aliphatic rings. The smallest absolute Gasteiger partial charge is 0.255 e. The van der Waals surface area contributed by atoms with E-state index < -0.39 is 0 Å². The molecular formula is C12H16Cl2N2OS. The minimum absolute atomic E-state index is 0. The minimum Gasteiger partial charge on any atom is -0.324 e. The molecule has 2 rings (SSSR count). The summed E-state index contributed by atoms with van der Waals surface area (Å²) in [5.41, 5.74) is 7.18. The zero-order chi connectivity index (χ0) is 11.9. The van der Waals surface area contributed by atoms with Gasteiger partial charge in [0.25, 0.3) is 5.56 Å². The van der Waals surface area contributed by atoms with Gasteiger partial charge in [0, 0.05) is 29.1 Å². The van der Waals surface area contributed by atoms with Gasteiger partial charge < -0.3 is 10.3 Å². The lowest BCUT2D eigenvalue weighted by molar-refractivity contribution is 0.772. The van der Waals surface area contributed by atoms with Gasteiger partial charge in [0.2, 0.25) is 0 Å². The lowest BCUT2D eigenvalue weighted by atomic mass is 10.1. The minimum atomic E-state index is -0.276. The fraction of sp³-hybridized carbons (Fsp3) is 0.250. The molecular weight excluding hydrogens is 291 g/mol. The first kappa shape index (κ1) is 17.3. The fourth-order valence-corrected chi connectivity index (χ4v) is 1.99. The Balaban J connectivity index is 0.00000144. The lowest BCUT2D eigenvalue weighted by Crippen LogP contribution is -2.25. The third kappa shape index (κ3) is 3.01. The predicted octanol–water partition coefficient (Wildman–Crippen LogP) is 2.75. The Morgan fingerprint density at radius 3 is 2.50 bits per heavy atom. The van der Waals surface area contributed by atoms with E-state index in [0.29, 0.717) is 10.6 Å². The van der Waals surface area contributed by atoms with Crippen molar-refractivity contribution in [1.82, 2.24) is 4.57 Å². The largest absolute Gasteiger partial charge is 0.324 e. The molecule has 1 aromatic carbocycles. The van der Waals surface area contributed by atoms with Crippen LogP contribution in [0.15, 0.2) is 29.1 Å². The number of aryl methyl sites for hydroxylation is 1. The molecule has 1 heterocycles. The molecule has 3 nitrogen and oxygen atoms in total. The van der Waals surface area contributed by atoms with Crippen molar-refractivity contribution in [2.45, 2.75) is 13.0 Å². The van der Waals surface area contributed by atoms with Gasteiger partial charge in [0.15, 0.2) is 0 Å². The number of fused-ring (bicyclic) bond motifs is 1. The van der Waals surface area contributed by atoms with Crippen LogP contribution in [0.2, 0.25) is 5.02 Å². The summed E-state index contributed by atoms with van der Waals surface area (Å²) in [7, 11) is 1.74. The SMILES string of the molecule is C[C@H](N)c1cc2cc(Cl)ccc2n(C)c1=O.Cl.S. The molecule has 0 saturated heterocycles. The molecule has 100 valence electrons. The molecule has 0 aliphatic heterocycles.